The van der Waals surface area contributed by atoms with Crippen LogP contribution in [0.1, 0.15) is 54.1 Å². The molecule has 3 aromatic rings. The Morgan fingerprint density at radius 1 is 1.21 bits per heavy atom. The van der Waals surface area contributed by atoms with Crippen LogP contribution in [0, 0.1) is 6.92 Å². The van der Waals surface area contributed by atoms with Crippen molar-refractivity contribution >= 4 is 16.8 Å². The lowest BCUT2D eigenvalue weighted by Gasteiger charge is -2.39. The van der Waals surface area contributed by atoms with Gasteiger partial charge in [0.05, 0.1) is 11.6 Å². The number of aromatic amines is 1. The molecule has 0 radical (unpaired) electrons. The second-order valence-corrected chi connectivity index (χ2v) is 8.59. The Balaban J connectivity index is 1.35. The quantitative estimate of drug-likeness (QED) is 0.700. The van der Waals surface area contributed by atoms with Gasteiger partial charge in [-0.2, -0.15) is 0 Å². The zero-order valence-electron chi connectivity index (χ0n) is 16.8. The molecule has 0 spiro atoms. The summed E-state index contributed by atoms with van der Waals surface area (Å²) in [7, 11) is 0. The maximum Gasteiger partial charge on any atom is 0.231 e. The molecule has 1 unspecified atom stereocenters. The van der Waals surface area contributed by atoms with Gasteiger partial charge in [0.1, 0.15) is 5.60 Å². The second kappa shape index (κ2) is 6.99. The van der Waals surface area contributed by atoms with Gasteiger partial charge >= 0.3 is 0 Å². The molecule has 5 rings (SSSR count). The first-order valence-corrected chi connectivity index (χ1v) is 10.6. The number of hydrogen-bond acceptors (Lipinski definition) is 3. The molecule has 1 atom stereocenters. The van der Waals surface area contributed by atoms with Gasteiger partial charge in [-0.1, -0.05) is 24.3 Å². The minimum absolute atomic E-state index is 0.102. The second-order valence-electron chi connectivity index (χ2n) is 8.59. The molecule has 2 aliphatic rings. The molecular formula is C24H27N3O2. The van der Waals surface area contributed by atoms with Gasteiger partial charge in [0.2, 0.25) is 5.91 Å². The number of H-pyrrole nitrogens is 1. The van der Waals surface area contributed by atoms with E-state index in [0.717, 1.165) is 36.0 Å². The summed E-state index contributed by atoms with van der Waals surface area (Å²) in [6.07, 6.45) is 5.81. The Morgan fingerprint density at radius 3 is 2.76 bits per heavy atom. The topological polar surface area (TPSA) is 69.2 Å². The van der Waals surface area contributed by atoms with Crippen LogP contribution in [-0.2, 0) is 16.8 Å². The van der Waals surface area contributed by atoms with Crippen LogP contribution in [0.3, 0.4) is 0 Å². The number of pyridine rings is 1. The molecule has 0 saturated carbocycles. The number of aliphatic hydroxyl groups is 1. The SMILES string of the molecule is Cc1ccc(C2(O)CCN(C(=O)C3CCCc4c3[nH]c3ccccc43)CC2)nc1. The summed E-state index contributed by atoms with van der Waals surface area (Å²) in [6, 6.07) is 12.2. The summed E-state index contributed by atoms with van der Waals surface area (Å²) in [5, 5.41) is 12.3. The highest BCUT2D eigenvalue weighted by Gasteiger charge is 2.39. The zero-order valence-corrected chi connectivity index (χ0v) is 16.8. The van der Waals surface area contributed by atoms with E-state index in [-0.39, 0.29) is 11.8 Å². The third-order valence-electron chi connectivity index (χ3n) is 6.70. The fraction of sp³-hybridized carbons (Fsp3) is 0.417. The zero-order chi connectivity index (χ0) is 20.0. The van der Waals surface area contributed by atoms with Crippen molar-refractivity contribution in [2.75, 3.05) is 13.1 Å². The summed E-state index contributed by atoms with van der Waals surface area (Å²) >= 11 is 0. The molecule has 5 nitrogen and oxygen atoms in total. The Kier molecular flexibility index (Phi) is 4.43. The predicted molar refractivity (Wildman–Crippen MR) is 113 cm³/mol. The van der Waals surface area contributed by atoms with Crippen LogP contribution in [-0.4, -0.2) is 39.0 Å². The average Bonchev–Trinajstić information content (AvgIpc) is 3.13. The number of para-hydroxylation sites is 1. The first-order valence-electron chi connectivity index (χ1n) is 10.6. The smallest absolute Gasteiger partial charge is 0.231 e. The number of benzene rings is 1. The predicted octanol–water partition coefficient (Wildman–Crippen LogP) is 3.80. The molecule has 1 fully saturated rings. The Bertz CT molecular complexity index is 1050. The van der Waals surface area contributed by atoms with Gasteiger partial charge in [-0.3, -0.25) is 9.78 Å². The molecule has 1 amide bonds. The lowest BCUT2D eigenvalue weighted by atomic mass is 9.84. The molecule has 1 aromatic carbocycles. The van der Waals surface area contributed by atoms with Gasteiger partial charge in [-0.15, -0.1) is 0 Å². The number of rotatable bonds is 2. The Morgan fingerprint density at radius 2 is 2.00 bits per heavy atom. The number of amides is 1. The molecule has 29 heavy (non-hydrogen) atoms. The minimum atomic E-state index is -0.941. The van der Waals surface area contributed by atoms with Crippen molar-refractivity contribution in [2.45, 2.75) is 50.5 Å². The molecule has 1 saturated heterocycles. The van der Waals surface area contributed by atoms with Crippen LogP contribution in [0.15, 0.2) is 42.6 Å². The summed E-state index contributed by atoms with van der Waals surface area (Å²) in [5.74, 6) is 0.0891. The summed E-state index contributed by atoms with van der Waals surface area (Å²) in [6.45, 7) is 3.12. The number of nitrogens with zero attached hydrogens (tertiary/aromatic N) is 2. The van der Waals surface area contributed by atoms with E-state index in [2.05, 4.69) is 28.2 Å². The maximum absolute atomic E-state index is 13.4. The van der Waals surface area contributed by atoms with Gasteiger partial charge in [0.15, 0.2) is 0 Å². The largest absolute Gasteiger partial charge is 0.383 e. The van der Waals surface area contributed by atoms with Crippen LogP contribution in [0.5, 0.6) is 0 Å². The average molecular weight is 389 g/mol. The van der Waals surface area contributed by atoms with Gasteiger partial charge in [-0.25, -0.2) is 0 Å². The lowest BCUT2D eigenvalue weighted by Crippen LogP contribution is -2.47. The summed E-state index contributed by atoms with van der Waals surface area (Å²) in [5.41, 5.74) is 4.38. The van der Waals surface area contributed by atoms with E-state index < -0.39 is 5.60 Å². The number of hydrogen-bond donors (Lipinski definition) is 2. The Hall–Kier alpha value is -2.66. The van der Waals surface area contributed by atoms with Crippen molar-refractivity contribution < 1.29 is 9.90 Å². The molecule has 2 N–H and O–H groups in total. The molecule has 2 aromatic heterocycles. The third-order valence-corrected chi connectivity index (χ3v) is 6.70. The van der Waals surface area contributed by atoms with Crippen molar-refractivity contribution in [1.82, 2.24) is 14.9 Å². The van der Waals surface area contributed by atoms with E-state index in [4.69, 9.17) is 0 Å². The van der Waals surface area contributed by atoms with Crippen molar-refractivity contribution in [3.63, 3.8) is 0 Å². The number of fused-ring (bicyclic) bond motifs is 3. The van der Waals surface area contributed by atoms with Gasteiger partial charge in [0.25, 0.3) is 0 Å². The van der Waals surface area contributed by atoms with Crippen LogP contribution >= 0.6 is 0 Å². The standard InChI is InChI=1S/C24H27N3O2/c1-16-9-10-21(25-15-16)24(29)11-13-27(14-12-24)23(28)19-7-4-6-18-17-5-2-3-8-20(17)26-22(18)19/h2-3,5,8-10,15,19,26,29H,4,6-7,11-14H2,1H3. The molecule has 1 aliphatic carbocycles. The van der Waals surface area contributed by atoms with E-state index in [1.54, 1.807) is 6.20 Å². The molecular weight excluding hydrogens is 362 g/mol. The highest BCUT2D eigenvalue weighted by molar-refractivity contribution is 5.90. The number of carbonyl (C=O) groups is 1. The number of aromatic nitrogens is 2. The van der Waals surface area contributed by atoms with E-state index in [1.807, 2.05) is 30.0 Å². The molecule has 0 bridgehead atoms. The fourth-order valence-corrected chi connectivity index (χ4v) is 4.98. The number of piperidine rings is 1. The first-order chi connectivity index (χ1) is 14.0. The van der Waals surface area contributed by atoms with Crippen LogP contribution < -0.4 is 0 Å². The number of likely N-dealkylation sites (tertiary alicyclic amines) is 1. The summed E-state index contributed by atoms with van der Waals surface area (Å²) < 4.78 is 0. The molecule has 5 heteroatoms. The number of aryl methyl sites for hydroxylation is 2. The lowest BCUT2D eigenvalue weighted by molar-refractivity contribution is -0.138. The fourth-order valence-electron chi connectivity index (χ4n) is 4.98. The van der Waals surface area contributed by atoms with Crippen LogP contribution in [0.2, 0.25) is 0 Å². The highest BCUT2D eigenvalue weighted by atomic mass is 16.3. The monoisotopic (exact) mass is 389 g/mol. The van der Waals surface area contributed by atoms with Crippen molar-refractivity contribution in [3.8, 4) is 0 Å². The van der Waals surface area contributed by atoms with Crippen molar-refractivity contribution in [2.24, 2.45) is 0 Å². The van der Waals surface area contributed by atoms with Crippen molar-refractivity contribution in [3.05, 3.63) is 65.1 Å². The van der Waals surface area contributed by atoms with Crippen molar-refractivity contribution in [1.29, 1.82) is 0 Å². The van der Waals surface area contributed by atoms with E-state index >= 15 is 0 Å². The number of carbonyl (C=O) groups excluding carboxylic acids is 1. The van der Waals surface area contributed by atoms with Crippen LogP contribution in [0.4, 0.5) is 0 Å². The maximum atomic E-state index is 13.4. The normalized spacial score (nSPS) is 21.2. The third kappa shape index (κ3) is 3.14. The molecule has 1 aliphatic heterocycles. The van der Waals surface area contributed by atoms with Gasteiger partial charge in [0, 0.05) is 35.9 Å². The number of nitrogens with one attached hydrogen (secondary N) is 1. The van der Waals surface area contributed by atoms with Crippen LogP contribution in [0.25, 0.3) is 10.9 Å². The van der Waals surface area contributed by atoms with Gasteiger partial charge < -0.3 is 15.0 Å². The van der Waals surface area contributed by atoms with E-state index in [9.17, 15) is 9.90 Å². The summed E-state index contributed by atoms with van der Waals surface area (Å²) in [4.78, 5) is 23.3. The minimum Gasteiger partial charge on any atom is -0.383 e. The highest BCUT2D eigenvalue weighted by Crippen LogP contribution is 2.38. The first kappa shape index (κ1) is 18.4. The van der Waals surface area contributed by atoms with E-state index in [0.29, 0.717) is 31.6 Å². The molecule has 3 heterocycles. The van der Waals surface area contributed by atoms with E-state index in [1.165, 1.54) is 10.9 Å². The van der Waals surface area contributed by atoms with Gasteiger partial charge in [-0.05, 0) is 62.3 Å². The molecule has 150 valence electrons. The Labute approximate surface area is 170 Å².